The number of nitrogens with two attached hydrogens (primary N) is 1. The van der Waals surface area contributed by atoms with Crippen molar-refractivity contribution in [3.05, 3.63) is 45.4 Å². The molecule has 1 fully saturated rings. The van der Waals surface area contributed by atoms with Crippen LogP contribution in [0.2, 0.25) is 0 Å². The van der Waals surface area contributed by atoms with Gasteiger partial charge in [0.1, 0.15) is 17.4 Å². The summed E-state index contributed by atoms with van der Waals surface area (Å²) in [5.74, 6) is 2.08. The highest BCUT2D eigenvalue weighted by Gasteiger charge is 2.29. The van der Waals surface area contributed by atoms with Crippen LogP contribution in [0, 0.1) is 0 Å². The lowest BCUT2D eigenvalue weighted by Crippen LogP contribution is -1.97. The summed E-state index contributed by atoms with van der Waals surface area (Å²) in [6.45, 7) is 5.50. The Balaban J connectivity index is 1.68. The number of thiazole rings is 1. The lowest BCUT2D eigenvalue weighted by atomic mass is 10.0. The molecule has 0 atom stereocenters. The van der Waals surface area contributed by atoms with Crippen LogP contribution in [0.3, 0.4) is 0 Å². The third-order valence-electron chi connectivity index (χ3n) is 3.81. The predicted octanol–water partition coefficient (Wildman–Crippen LogP) is 4.18. The van der Waals surface area contributed by atoms with Gasteiger partial charge in [0.25, 0.3) is 0 Å². The molecule has 0 aliphatic heterocycles. The zero-order chi connectivity index (χ0) is 14.8. The quantitative estimate of drug-likeness (QED) is 0.870. The largest absolute Gasteiger partial charge is 0.486 e. The first-order valence-electron chi connectivity index (χ1n) is 7.58. The van der Waals surface area contributed by atoms with E-state index in [0.29, 0.717) is 25.0 Å². The van der Waals surface area contributed by atoms with Gasteiger partial charge in [0.2, 0.25) is 0 Å². The van der Waals surface area contributed by atoms with Gasteiger partial charge < -0.3 is 10.5 Å². The zero-order valence-corrected chi connectivity index (χ0v) is 13.5. The molecule has 0 bridgehead atoms. The number of nitrogens with zero attached hydrogens (tertiary/aromatic N) is 1. The van der Waals surface area contributed by atoms with E-state index in [1.807, 2.05) is 12.1 Å². The van der Waals surface area contributed by atoms with Gasteiger partial charge in [0.05, 0.1) is 5.69 Å². The monoisotopic (exact) mass is 302 g/mol. The van der Waals surface area contributed by atoms with Crippen molar-refractivity contribution < 1.29 is 4.74 Å². The maximum absolute atomic E-state index is 5.90. The van der Waals surface area contributed by atoms with Crippen molar-refractivity contribution in [1.82, 2.24) is 4.98 Å². The summed E-state index contributed by atoms with van der Waals surface area (Å²) >= 11 is 1.70. The SMILES string of the molecule is CC(C)c1cccc(OCc2nc(C3CC3)c(CN)s2)c1. The van der Waals surface area contributed by atoms with E-state index in [-0.39, 0.29) is 0 Å². The Morgan fingerprint density at radius 2 is 2.19 bits per heavy atom. The first-order valence-corrected chi connectivity index (χ1v) is 8.40. The molecule has 21 heavy (non-hydrogen) atoms. The Bertz CT molecular complexity index is 617. The second-order valence-corrected chi connectivity index (χ2v) is 7.08. The Labute approximate surface area is 130 Å². The smallest absolute Gasteiger partial charge is 0.140 e. The summed E-state index contributed by atoms with van der Waals surface area (Å²) in [5.41, 5.74) is 8.34. The molecule has 2 aromatic rings. The van der Waals surface area contributed by atoms with Gasteiger partial charge in [-0.2, -0.15) is 0 Å². The van der Waals surface area contributed by atoms with E-state index in [4.69, 9.17) is 15.5 Å². The zero-order valence-electron chi connectivity index (χ0n) is 12.6. The molecule has 1 aliphatic carbocycles. The normalized spacial score (nSPS) is 14.7. The third-order valence-corrected chi connectivity index (χ3v) is 4.88. The van der Waals surface area contributed by atoms with Crippen molar-refractivity contribution in [3.63, 3.8) is 0 Å². The van der Waals surface area contributed by atoms with E-state index < -0.39 is 0 Å². The van der Waals surface area contributed by atoms with Gasteiger partial charge in [0.15, 0.2) is 0 Å². The van der Waals surface area contributed by atoms with E-state index in [9.17, 15) is 0 Å². The fourth-order valence-electron chi connectivity index (χ4n) is 2.41. The molecule has 1 aromatic heterocycles. The molecule has 1 aromatic carbocycles. The van der Waals surface area contributed by atoms with E-state index in [1.165, 1.54) is 29.0 Å². The Morgan fingerprint density at radius 3 is 2.86 bits per heavy atom. The highest BCUT2D eigenvalue weighted by molar-refractivity contribution is 7.11. The summed E-state index contributed by atoms with van der Waals surface area (Å²) in [6.07, 6.45) is 2.51. The molecule has 0 amide bonds. The van der Waals surface area contributed by atoms with Crippen LogP contribution >= 0.6 is 11.3 Å². The van der Waals surface area contributed by atoms with Gasteiger partial charge in [-0.15, -0.1) is 11.3 Å². The Morgan fingerprint density at radius 1 is 1.38 bits per heavy atom. The van der Waals surface area contributed by atoms with E-state index >= 15 is 0 Å². The molecule has 3 nitrogen and oxygen atoms in total. The van der Waals surface area contributed by atoms with Gasteiger partial charge in [-0.3, -0.25) is 0 Å². The molecule has 0 spiro atoms. The summed E-state index contributed by atoms with van der Waals surface area (Å²) < 4.78 is 5.90. The summed E-state index contributed by atoms with van der Waals surface area (Å²) in [6, 6.07) is 8.31. The molecule has 0 radical (unpaired) electrons. The molecule has 1 saturated carbocycles. The average molecular weight is 302 g/mol. The summed E-state index contributed by atoms with van der Waals surface area (Å²) in [5, 5.41) is 1.03. The van der Waals surface area contributed by atoms with Crippen molar-refractivity contribution in [2.24, 2.45) is 5.73 Å². The second kappa shape index (κ2) is 6.16. The predicted molar refractivity (Wildman–Crippen MR) is 86.8 cm³/mol. The van der Waals surface area contributed by atoms with E-state index in [1.54, 1.807) is 11.3 Å². The highest BCUT2D eigenvalue weighted by Crippen LogP contribution is 2.42. The van der Waals surface area contributed by atoms with E-state index in [2.05, 4.69) is 26.0 Å². The first-order chi connectivity index (χ1) is 10.2. The van der Waals surface area contributed by atoms with Crippen LogP contribution in [-0.4, -0.2) is 4.98 Å². The van der Waals surface area contributed by atoms with Crippen molar-refractivity contribution >= 4 is 11.3 Å². The Hall–Kier alpha value is -1.39. The van der Waals surface area contributed by atoms with Crippen LogP contribution in [0.25, 0.3) is 0 Å². The van der Waals surface area contributed by atoms with Gasteiger partial charge in [-0.1, -0.05) is 26.0 Å². The van der Waals surface area contributed by atoms with Crippen molar-refractivity contribution in [1.29, 1.82) is 0 Å². The number of hydrogen-bond acceptors (Lipinski definition) is 4. The number of aromatic nitrogens is 1. The minimum atomic E-state index is 0.513. The van der Waals surface area contributed by atoms with Crippen LogP contribution in [-0.2, 0) is 13.2 Å². The fourth-order valence-corrected chi connectivity index (χ4v) is 3.35. The number of rotatable bonds is 6. The number of ether oxygens (including phenoxy) is 1. The molecular weight excluding hydrogens is 280 g/mol. The lowest BCUT2D eigenvalue weighted by Gasteiger charge is -2.08. The number of benzene rings is 1. The maximum atomic E-state index is 5.90. The van der Waals surface area contributed by atoms with Crippen LogP contribution < -0.4 is 10.5 Å². The van der Waals surface area contributed by atoms with Gasteiger partial charge >= 0.3 is 0 Å². The van der Waals surface area contributed by atoms with Crippen molar-refractivity contribution in [2.75, 3.05) is 0 Å². The van der Waals surface area contributed by atoms with Crippen LogP contribution in [0.5, 0.6) is 5.75 Å². The summed E-state index contributed by atoms with van der Waals surface area (Å²) in [4.78, 5) is 5.96. The molecule has 112 valence electrons. The highest BCUT2D eigenvalue weighted by atomic mass is 32.1. The average Bonchev–Trinajstić information content (AvgIpc) is 3.25. The summed E-state index contributed by atoms with van der Waals surface area (Å²) in [7, 11) is 0. The fraction of sp³-hybridized carbons (Fsp3) is 0.471. The molecule has 1 aliphatic rings. The molecule has 1 heterocycles. The third kappa shape index (κ3) is 3.44. The molecule has 2 N–H and O–H groups in total. The van der Waals surface area contributed by atoms with Gasteiger partial charge in [0, 0.05) is 17.3 Å². The van der Waals surface area contributed by atoms with E-state index in [0.717, 1.165) is 10.8 Å². The standard InChI is InChI=1S/C17H22N2OS/c1-11(2)13-4-3-5-14(8-13)20-10-16-19-17(12-6-7-12)15(9-18)21-16/h3-5,8,11-12H,6-7,9-10,18H2,1-2H3. The van der Waals surface area contributed by atoms with Crippen LogP contribution in [0.4, 0.5) is 0 Å². The van der Waals surface area contributed by atoms with Crippen LogP contribution in [0.15, 0.2) is 24.3 Å². The van der Waals surface area contributed by atoms with Gasteiger partial charge in [-0.05, 0) is 36.5 Å². The molecule has 0 unspecified atom stereocenters. The molecule has 4 heteroatoms. The second-order valence-electron chi connectivity index (χ2n) is 5.91. The lowest BCUT2D eigenvalue weighted by molar-refractivity contribution is 0.305. The maximum Gasteiger partial charge on any atom is 0.140 e. The minimum Gasteiger partial charge on any atom is -0.486 e. The first kappa shape index (κ1) is 14.5. The molecule has 0 saturated heterocycles. The topological polar surface area (TPSA) is 48.1 Å². The molecule has 3 rings (SSSR count). The van der Waals surface area contributed by atoms with Gasteiger partial charge in [-0.25, -0.2) is 4.98 Å². The van der Waals surface area contributed by atoms with Crippen LogP contribution in [0.1, 0.15) is 59.7 Å². The van der Waals surface area contributed by atoms with Crippen molar-refractivity contribution in [3.8, 4) is 5.75 Å². The van der Waals surface area contributed by atoms with Crippen molar-refractivity contribution in [2.45, 2.75) is 51.7 Å². The molecular formula is C17H22N2OS. The Kier molecular flexibility index (Phi) is 4.27. The number of hydrogen-bond donors (Lipinski definition) is 1. The minimum absolute atomic E-state index is 0.513.